The molecule has 2 atom stereocenters. The van der Waals surface area contributed by atoms with E-state index in [-0.39, 0.29) is 30.2 Å². The summed E-state index contributed by atoms with van der Waals surface area (Å²) in [5.74, 6) is -0.309. The Kier molecular flexibility index (Phi) is 3.68. The number of aromatic amines is 1. The van der Waals surface area contributed by atoms with E-state index >= 15 is 0 Å². The van der Waals surface area contributed by atoms with Crippen LogP contribution in [0.4, 0.5) is 5.69 Å². The van der Waals surface area contributed by atoms with Crippen LogP contribution in [0.1, 0.15) is 24.3 Å². The van der Waals surface area contributed by atoms with Crippen LogP contribution in [-0.4, -0.2) is 33.9 Å². The number of carbonyl (C=O) groups excluding carboxylic acids is 1. The zero-order valence-corrected chi connectivity index (χ0v) is 8.82. The molecular weight excluding hydrogens is 196 g/mol. The van der Waals surface area contributed by atoms with Gasteiger partial charge < -0.3 is 16.2 Å². The Balaban J connectivity index is 2.60. The maximum atomic E-state index is 11.6. The van der Waals surface area contributed by atoms with Gasteiger partial charge in [0.1, 0.15) is 5.69 Å². The van der Waals surface area contributed by atoms with E-state index in [1.807, 2.05) is 13.8 Å². The van der Waals surface area contributed by atoms with Gasteiger partial charge in [-0.05, 0) is 12.8 Å². The molecule has 15 heavy (non-hydrogen) atoms. The summed E-state index contributed by atoms with van der Waals surface area (Å²) in [7, 11) is 0. The van der Waals surface area contributed by atoms with Crippen molar-refractivity contribution in [3.63, 3.8) is 0 Å². The van der Waals surface area contributed by atoms with E-state index in [2.05, 4.69) is 15.5 Å². The lowest BCUT2D eigenvalue weighted by Crippen LogP contribution is -2.38. The van der Waals surface area contributed by atoms with E-state index < -0.39 is 0 Å². The highest BCUT2D eigenvalue weighted by atomic mass is 16.3. The number of amides is 1. The summed E-state index contributed by atoms with van der Waals surface area (Å²) >= 11 is 0. The molecule has 0 spiro atoms. The number of carbonyl (C=O) groups is 1. The third kappa shape index (κ3) is 2.69. The van der Waals surface area contributed by atoms with Crippen LogP contribution in [0.15, 0.2) is 6.20 Å². The van der Waals surface area contributed by atoms with Crippen LogP contribution in [0.25, 0.3) is 0 Å². The maximum Gasteiger partial charge on any atom is 0.271 e. The predicted molar refractivity (Wildman–Crippen MR) is 56.2 cm³/mol. The molecule has 0 fully saturated rings. The number of hydrogen-bond acceptors (Lipinski definition) is 4. The normalized spacial score (nSPS) is 14.6. The fraction of sp³-hybridized carbons (Fsp3) is 0.556. The van der Waals surface area contributed by atoms with E-state index in [1.54, 1.807) is 0 Å². The van der Waals surface area contributed by atoms with Gasteiger partial charge in [-0.3, -0.25) is 9.89 Å². The second-order valence-corrected chi connectivity index (χ2v) is 3.62. The Bertz CT molecular complexity index is 337. The molecule has 1 aromatic heterocycles. The molecule has 1 rings (SSSR count). The molecule has 1 amide bonds. The highest BCUT2D eigenvalue weighted by Crippen LogP contribution is 2.07. The number of nitrogens with zero attached hydrogens (tertiary/aromatic N) is 1. The first kappa shape index (κ1) is 11.5. The van der Waals surface area contributed by atoms with Crippen LogP contribution in [-0.2, 0) is 0 Å². The predicted octanol–water partition coefficient (Wildman–Crippen LogP) is -0.261. The topological polar surface area (TPSA) is 104 Å². The molecule has 0 saturated heterocycles. The van der Waals surface area contributed by atoms with Gasteiger partial charge >= 0.3 is 0 Å². The van der Waals surface area contributed by atoms with E-state index in [1.165, 1.54) is 6.20 Å². The molecule has 0 aromatic carbocycles. The van der Waals surface area contributed by atoms with Crippen molar-refractivity contribution in [2.75, 3.05) is 12.3 Å². The average Bonchev–Trinajstić information content (AvgIpc) is 2.63. The standard InChI is InChI=1S/C9H16N4O2/c1-5(4-14)6(2)12-9(15)8-7(10)3-11-13-8/h3,5-6,14H,4,10H2,1-2H3,(H,11,13)(H,12,15). The van der Waals surface area contributed by atoms with Gasteiger partial charge in [-0.2, -0.15) is 5.10 Å². The van der Waals surface area contributed by atoms with Crippen molar-refractivity contribution < 1.29 is 9.90 Å². The molecule has 0 aliphatic heterocycles. The second kappa shape index (κ2) is 4.79. The van der Waals surface area contributed by atoms with Crippen molar-refractivity contribution in [3.8, 4) is 0 Å². The Morgan fingerprint density at radius 1 is 1.73 bits per heavy atom. The number of hydrogen-bond donors (Lipinski definition) is 4. The zero-order chi connectivity index (χ0) is 11.4. The van der Waals surface area contributed by atoms with Crippen LogP contribution in [0.2, 0.25) is 0 Å². The fourth-order valence-corrected chi connectivity index (χ4v) is 1.06. The number of H-pyrrole nitrogens is 1. The van der Waals surface area contributed by atoms with Gasteiger partial charge in [-0.1, -0.05) is 6.92 Å². The number of nitrogens with two attached hydrogens (primary N) is 1. The van der Waals surface area contributed by atoms with Crippen molar-refractivity contribution >= 4 is 11.6 Å². The van der Waals surface area contributed by atoms with E-state index in [4.69, 9.17) is 10.8 Å². The van der Waals surface area contributed by atoms with Gasteiger partial charge in [-0.25, -0.2) is 0 Å². The van der Waals surface area contributed by atoms with E-state index in [9.17, 15) is 4.79 Å². The summed E-state index contributed by atoms with van der Waals surface area (Å²) in [5.41, 5.74) is 6.09. The number of nitrogens with one attached hydrogen (secondary N) is 2. The average molecular weight is 212 g/mol. The molecule has 6 nitrogen and oxygen atoms in total. The molecule has 0 saturated carbocycles. The van der Waals surface area contributed by atoms with E-state index in [0.717, 1.165) is 0 Å². The lowest BCUT2D eigenvalue weighted by molar-refractivity contribution is 0.0912. The van der Waals surface area contributed by atoms with Gasteiger partial charge in [0.05, 0.1) is 11.9 Å². The smallest absolute Gasteiger partial charge is 0.271 e. The zero-order valence-electron chi connectivity index (χ0n) is 8.82. The summed E-state index contributed by atoms with van der Waals surface area (Å²) in [4.78, 5) is 11.6. The molecule has 0 radical (unpaired) electrons. The highest BCUT2D eigenvalue weighted by molar-refractivity contribution is 5.97. The monoisotopic (exact) mass is 212 g/mol. The molecule has 6 heteroatoms. The fourth-order valence-electron chi connectivity index (χ4n) is 1.06. The van der Waals surface area contributed by atoms with E-state index in [0.29, 0.717) is 5.69 Å². The summed E-state index contributed by atoms with van der Waals surface area (Å²) in [6, 6.07) is -0.120. The third-order valence-electron chi connectivity index (χ3n) is 2.40. The number of aliphatic hydroxyl groups excluding tert-OH is 1. The summed E-state index contributed by atoms with van der Waals surface area (Å²) < 4.78 is 0. The van der Waals surface area contributed by atoms with Crippen LogP contribution >= 0.6 is 0 Å². The SMILES string of the molecule is CC(CO)C(C)NC(=O)c1[nH]ncc1N. The minimum absolute atomic E-state index is 0.00176. The quantitative estimate of drug-likeness (QED) is 0.552. The van der Waals surface area contributed by atoms with Gasteiger partial charge in [0.25, 0.3) is 5.91 Å². The molecule has 1 heterocycles. The van der Waals surface area contributed by atoms with Gasteiger partial charge in [0.2, 0.25) is 0 Å². The summed E-state index contributed by atoms with van der Waals surface area (Å²) in [6.07, 6.45) is 1.38. The largest absolute Gasteiger partial charge is 0.396 e. The molecule has 0 bridgehead atoms. The van der Waals surface area contributed by atoms with Crippen molar-refractivity contribution in [2.45, 2.75) is 19.9 Å². The van der Waals surface area contributed by atoms with Crippen molar-refractivity contribution in [1.29, 1.82) is 0 Å². The maximum absolute atomic E-state index is 11.6. The van der Waals surface area contributed by atoms with Crippen molar-refractivity contribution in [3.05, 3.63) is 11.9 Å². The van der Waals surface area contributed by atoms with Gasteiger partial charge in [0.15, 0.2) is 0 Å². The van der Waals surface area contributed by atoms with Crippen molar-refractivity contribution in [1.82, 2.24) is 15.5 Å². The lowest BCUT2D eigenvalue weighted by atomic mass is 10.1. The van der Waals surface area contributed by atoms with Crippen LogP contribution in [0, 0.1) is 5.92 Å². The summed E-state index contributed by atoms with van der Waals surface area (Å²) in [5, 5.41) is 17.8. The molecule has 5 N–H and O–H groups in total. The minimum atomic E-state index is -0.308. The first-order chi connectivity index (χ1) is 7.06. The van der Waals surface area contributed by atoms with Crippen LogP contribution < -0.4 is 11.1 Å². The Morgan fingerprint density at radius 2 is 2.40 bits per heavy atom. The number of nitrogen functional groups attached to an aromatic ring is 1. The minimum Gasteiger partial charge on any atom is -0.396 e. The van der Waals surface area contributed by atoms with Crippen LogP contribution in [0.5, 0.6) is 0 Å². The Morgan fingerprint density at radius 3 is 2.87 bits per heavy atom. The molecular formula is C9H16N4O2. The van der Waals surface area contributed by atoms with Crippen LogP contribution in [0.3, 0.4) is 0 Å². The first-order valence-electron chi connectivity index (χ1n) is 4.76. The number of aromatic nitrogens is 2. The Hall–Kier alpha value is -1.56. The Labute approximate surface area is 87.9 Å². The first-order valence-corrected chi connectivity index (χ1v) is 4.76. The number of anilines is 1. The van der Waals surface area contributed by atoms with Crippen molar-refractivity contribution in [2.24, 2.45) is 5.92 Å². The van der Waals surface area contributed by atoms with Gasteiger partial charge in [0, 0.05) is 12.6 Å². The molecule has 0 aliphatic carbocycles. The summed E-state index contributed by atoms with van der Waals surface area (Å²) in [6.45, 7) is 3.70. The highest BCUT2D eigenvalue weighted by Gasteiger charge is 2.17. The lowest BCUT2D eigenvalue weighted by Gasteiger charge is -2.18. The molecule has 1 aromatic rings. The second-order valence-electron chi connectivity index (χ2n) is 3.62. The number of aliphatic hydroxyl groups is 1. The third-order valence-corrected chi connectivity index (χ3v) is 2.40. The molecule has 84 valence electrons. The number of rotatable bonds is 4. The van der Waals surface area contributed by atoms with Gasteiger partial charge in [-0.15, -0.1) is 0 Å². The molecule has 0 aliphatic rings. The molecule has 2 unspecified atom stereocenters.